The van der Waals surface area contributed by atoms with Gasteiger partial charge in [-0.3, -0.25) is 0 Å². The van der Waals surface area contributed by atoms with Gasteiger partial charge in [-0.15, -0.1) is 0 Å². The molecule has 0 atom stereocenters. The normalized spacial score (nSPS) is 10.2. The minimum Gasteiger partial charge on any atom is -0.478 e. The van der Waals surface area contributed by atoms with Crippen molar-refractivity contribution in [2.24, 2.45) is 0 Å². The van der Waals surface area contributed by atoms with Gasteiger partial charge in [0.25, 0.3) is 0 Å². The van der Waals surface area contributed by atoms with Crippen molar-refractivity contribution >= 4 is 39.0 Å². The Balaban J connectivity index is 2.33. The van der Waals surface area contributed by atoms with Crippen LogP contribution in [0.5, 0.6) is 0 Å². The molecule has 0 aliphatic rings. The van der Waals surface area contributed by atoms with E-state index in [2.05, 4.69) is 21.2 Å². The van der Waals surface area contributed by atoms with Gasteiger partial charge in [-0.05, 0) is 48.9 Å². The standard InChI is InChI=1S/C14H13BrN2O2/c1-8-4-9(15)6-11(5-8)17-10-2-3-13(16)12(7-10)14(18)19/h2-7,17H,16H2,1H3,(H,18,19). The minimum absolute atomic E-state index is 0.0942. The van der Waals surface area contributed by atoms with Crippen LogP contribution >= 0.6 is 15.9 Å². The summed E-state index contributed by atoms with van der Waals surface area (Å²) in [6, 6.07) is 10.7. The molecule has 0 saturated carbocycles. The van der Waals surface area contributed by atoms with Crippen LogP contribution in [0.2, 0.25) is 0 Å². The zero-order valence-electron chi connectivity index (χ0n) is 10.3. The lowest BCUT2D eigenvalue weighted by molar-refractivity contribution is 0.0698. The van der Waals surface area contributed by atoms with Crippen LogP contribution in [0.4, 0.5) is 17.1 Å². The third-order valence-corrected chi connectivity index (χ3v) is 3.07. The Morgan fingerprint density at radius 1 is 1.21 bits per heavy atom. The van der Waals surface area contributed by atoms with Crippen molar-refractivity contribution in [3.8, 4) is 0 Å². The lowest BCUT2D eigenvalue weighted by Crippen LogP contribution is -2.03. The second kappa shape index (κ2) is 5.32. The number of carboxylic acid groups (broad SMARTS) is 1. The predicted molar refractivity (Wildman–Crippen MR) is 80.0 cm³/mol. The first-order valence-corrected chi connectivity index (χ1v) is 6.42. The van der Waals surface area contributed by atoms with Gasteiger partial charge in [-0.2, -0.15) is 0 Å². The van der Waals surface area contributed by atoms with Gasteiger partial charge in [-0.1, -0.05) is 15.9 Å². The summed E-state index contributed by atoms with van der Waals surface area (Å²) in [6.45, 7) is 1.99. The van der Waals surface area contributed by atoms with E-state index in [9.17, 15) is 4.79 Å². The fourth-order valence-corrected chi connectivity index (χ4v) is 2.40. The van der Waals surface area contributed by atoms with Gasteiger partial charge in [0.15, 0.2) is 0 Å². The Morgan fingerprint density at radius 2 is 1.95 bits per heavy atom. The number of nitrogens with one attached hydrogen (secondary N) is 1. The zero-order chi connectivity index (χ0) is 14.0. The Morgan fingerprint density at radius 3 is 2.58 bits per heavy atom. The lowest BCUT2D eigenvalue weighted by Gasteiger charge is -2.10. The maximum Gasteiger partial charge on any atom is 0.337 e. The zero-order valence-corrected chi connectivity index (χ0v) is 11.9. The second-order valence-corrected chi connectivity index (χ2v) is 5.17. The van der Waals surface area contributed by atoms with E-state index >= 15 is 0 Å². The van der Waals surface area contributed by atoms with E-state index < -0.39 is 5.97 Å². The number of hydrogen-bond acceptors (Lipinski definition) is 3. The smallest absolute Gasteiger partial charge is 0.337 e. The lowest BCUT2D eigenvalue weighted by atomic mass is 10.1. The van der Waals surface area contributed by atoms with Crippen molar-refractivity contribution in [1.82, 2.24) is 0 Å². The first-order valence-electron chi connectivity index (χ1n) is 5.63. The number of anilines is 3. The Kier molecular flexibility index (Phi) is 3.76. The molecule has 98 valence electrons. The average molecular weight is 321 g/mol. The van der Waals surface area contributed by atoms with Crippen LogP contribution in [-0.2, 0) is 0 Å². The van der Waals surface area contributed by atoms with Gasteiger partial charge in [-0.25, -0.2) is 4.79 Å². The molecular formula is C14H13BrN2O2. The van der Waals surface area contributed by atoms with Crippen molar-refractivity contribution in [2.45, 2.75) is 6.92 Å². The number of aryl methyl sites for hydroxylation is 1. The molecule has 0 amide bonds. The summed E-state index contributed by atoms with van der Waals surface area (Å²) in [5.41, 5.74) is 8.63. The molecule has 0 heterocycles. The van der Waals surface area contributed by atoms with E-state index in [1.165, 1.54) is 6.07 Å². The number of carbonyl (C=O) groups is 1. The van der Waals surface area contributed by atoms with Crippen LogP contribution in [0.15, 0.2) is 40.9 Å². The molecule has 0 bridgehead atoms. The van der Waals surface area contributed by atoms with Gasteiger partial charge in [0.1, 0.15) is 0 Å². The molecule has 0 aliphatic heterocycles. The van der Waals surface area contributed by atoms with Crippen molar-refractivity contribution in [2.75, 3.05) is 11.1 Å². The summed E-state index contributed by atoms with van der Waals surface area (Å²) in [5, 5.41) is 12.2. The molecule has 2 rings (SSSR count). The quantitative estimate of drug-likeness (QED) is 0.752. The number of aromatic carboxylic acids is 1. The molecule has 0 saturated heterocycles. The van der Waals surface area contributed by atoms with Crippen LogP contribution in [-0.4, -0.2) is 11.1 Å². The molecule has 4 nitrogen and oxygen atoms in total. The number of carboxylic acids is 1. The molecule has 4 N–H and O–H groups in total. The van der Waals surface area contributed by atoms with Gasteiger partial charge < -0.3 is 16.2 Å². The molecule has 5 heteroatoms. The van der Waals surface area contributed by atoms with E-state index in [0.29, 0.717) is 5.69 Å². The fourth-order valence-electron chi connectivity index (χ4n) is 1.79. The SMILES string of the molecule is Cc1cc(Br)cc(Nc2ccc(N)c(C(=O)O)c2)c1. The molecule has 0 radical (unpaired) electrons. The van der Waals surface area contributed by atoms with Gasteiger partial charge in [0.05, 0.1) is 5.56 Å². The van der Waals surface area contributed by atoms with Crippen molar-refractivity contribution < 1.29 is 9.90 Å². The summed E-state index contributed by atoms with van der Waals surface area (Å²) in [4.78, 5) is 11.0. The highest BCUT2D eigenvalue weighted by molar-refractivity contribution is 9.10. The molecule has 0 spiro atoms. The summed E-state index contributed by atoms with van der Waals surface area (Å²) in [5.74, 6) is -1.04. The van der Waals surface area contributed by atoms with Crippen LogP contribution in [0.1, 0.15) is 15.9 Å². The number of rotatable bonds is 3. The molecule has 0 fully saturated rings. The topological polar surface area (TPSA) is 75.3 Å². The summed E-state index contributed by atoms with van der Waals surface area (Å²) < 4.78 is 0.962. The van der Waals surface area contributed by atoms with Gasteiger partial charge in [0, 0.05) is 21.5 Å². The van der Waals surface area contributed by atoms with Crippen molar-refractivity contribution in [3.63, 3.8) is 0 Å². The van der Waals surface area contributed by atoms with Crippen LogP contribution in [0.3, 0.4) is 0 Å². The second-order valence-electron chi connectivity index (χ2n) is 4.25. The maximum atomic E-state index is 11.0. The largest absolute Gasteiger partial charge is 0.478 e. The minimum atomic E-state index is -1.04. The number of hydrogen-bond donors (Lipinski definition) is 3. The monoisotopic (exact) mass is 320 g/mol. The van der Waals surface area contributed by atoms with E-state index in [0.717, 1.165) is 15.7 Å². The highest BCUT2D eigenvalue weighted by atomic mass is 79.9. The molecule has 2 aromatic carbocycles. The van der Waals surface area contributed by atoms with Crippen molar-refractivity contribution in [3.05, 3.63) is 52.0 Å². The Bertz CT molecular complexity index is 621. The average Bonchev–Trinajstić information content (AvgIpc) is 2.30. The molecule has 19 heavy (non-hydrogen) atoms. The van der Waals surface area contributed by atoms with Crippen LogP contribution in [0.25, 0.3) is 0 Å². The summed E-state index contributed by atoms with van der Waals surface area (Å²) in [7, 11) is 0. The van der Waals surface area contributed by atoms with Gasteiger partial charge >= 0.3 is 5.97 Å². The highest BCUT2D eigenvalue weighted by Gasteiger charge is 2.08. The number of halogens is 1. The van der Waals surface area contributed by atoms with E-state index in [-0.39, 0.29) is 11.3 Å². The van der Waals surface area contributed by atoms with Crippen molar-refractivity contribution in [1.29, 1.82) is 0 Å². The summed E-state index contributed by atoms with van der Waals surface area (Å²) in [6.07, 6.45) is 0. The first kappa shape index (κ1) is 13.4. The Labute approximate surface area is 119 Å². The fraction of sp³-hybridized carbons (Fsp3) is 0.0714. The highest BCUT2D eigenvalue weighted by Crippen LogP contribution is 2.25. The summed E-state index contributed by atoms with van der Waals surface area (Å²) >= 11 is 3.42. The number of benzene rings is 2. The molecule has 0 unspecified atom stereocenters. The number of nitrogens with two attached hydrogens (primary N) is 1. The van der Waals surface area contributed by atoms with E-state index in [1.807, 2.05) is 25.1 Å². The molecular weight excluding hydrogens is 308 g/mol. The van der Waals surface area contributed by atoms with Crippen LogP contribution < -0.4 is 11.1 Å². The van der Waals surface area contributed by atoms with E-state index in [1.54, 1.807) is 12.1 Å². The third kappa shape index (κ3) is 3.26. The molecule has 0 aliphatic carbocycles. The van der Waals surface area contributed by atoms with Crippen LogP contribution in [0, 0.1) is 6.92 Å². The maximum absolute atomic E-state index is 11.0. The third-order valence-electron chi connectivity index (χ3n) is 2.61. The van der Waals surface area contributed by atoms with Gasteiger partial charge in [0.2, 0.25) is 0 Å². The Hall–Kier alpha value is -2.01. The molecule has 0 aromatic heterocycles. The first-order chi connectivity index (χ1) is 8.95. The van der Waals surface area contributed by atoms with E-state index in [4.69, 9.17) is 10.8 Å². The number of nitrogen functional groups attached to an aromatic ring is 1. The molecule has 2 aromatic rings. The predicted octanol–water partition coefficient (Wildman–Crippen LogP) is 3.78.